The molecule has 0 amide bonds. The van der Waals surface area contributed by atoms with Crippen molar-refractivity contribution in [2.45, 2.75) is 98.8 Å². The van der Waals surface area contributed by atoms with Gasteiger partial charge in [-0.15, -0.1) is 0 Å². The molecule has 2 fully saturated rings. The summed E-state index contributed by atoms with van der Waals surface area (Å²) in [7, 11) is 0. The Morgan fingerprint density at radius 1 is 0.950 bits per heavy atom. The van der Waals surface area contributed by atoms with Crippen LogP contribution in [0.5, 0.6) is 0 Å². The summed E-state index contributed by atoms with van der Waals surface area (Å²) >= 11 is 0. The first-order chi connectivity index (χ1) is 9.39. The highest BCUT2D eigenvalue weighted by molar-refractivity contribution is 4.91. The molecule has 2 saturated carbocycles. The molecule has 2 rings (SSSR count). The molecule has 2 aliphatic rings. The first kappa shape index (κ1) is 16.4. The lowest BCUT2D eigenvalue weighted by Crippen LogP contribution is -2.36. The van der Waals surface area contributed by atoms with E-state index in [1.807, 2.05) is 0 Å². The molecule has 0 heteroatoms. The highest BCUT2D eigenvalue weighted by Gasteiger charge is 2.40. The van der Waals surface area contributed by atoms with Gasteiger partial charge in [-0.2, -0.15) is 0 Å². The minimum absolute atomic E-state index is 0.588. The van der Waals surface area contributed by atoms with Crippen LogP contribution in [0.1, 0.15) is 98.8 Å². The molecule has 0 nitrogen and oxygen atoms in total. The third-order valence-electron chi connectivity index (χ3n) is 7.23. The molecule has 0 heterocycles. The summed E-state index contributed by atoms with van der Waals surface area (Å²) in [6.45, 7) is 12.6. The quantitative estimate of drug-likeness (QED) is 0.528. The zero-order valence-corrected chi connectivity index (χ0v) is 14.8. The molecule has 0 bridgehead atoms. The largest absolute Gasteiger partial charge is 0.0651 e. The van der Waals surface area contributed by atoms with E-state index in [0.29, 0.717) is 10.8 Å². The van der Waals surface area contributed by atoms with Crippen molar-refractivity contribution in [3.05, 3.63) is 0 Å². The summed E-state index contributed by atoms with van der Waals surface area (Å²) < 4.78 is 0. The van der Waals surface area contributed by atoms with Gasteiger partial charge in [-0.3, -0.25) is 0 Å². The van der Waals surface area contributed by atoms with Crippen LogP contribution >= 0.6 is 0 Å². The number of hydrogen-bond acceptors (Lipinski definition) is 0. The summed E-state index contributed by atoms with van der Waals surface area (Å²) in [6.07, 6.45) is 14.7. The standard InChI is InChI=1S/C20H38/c1-6-17-11-7-8-14-20(17,5)15-12-18-16(2)10-9-13-19(18,3)4/h16-18H,6-15H2,1-5H3. The van der Waals surface area contributed by atoms with Gasteiger partial charge in [0.1, 0.15) is 0 Å². The highest BCUT2D eigenvalue weighted by Crippen LogP contribution is 2.51. The Hall–Kier alpha value is 0. The molecule has 0 spiro atoms. The van der Waals surface area contributed by atoms with E-state index in [9.17, 15) is 0 Å². The fourth-order valence-corrected chi connectivity index (χ4v) is 5.70. The average Bonchev–Trinajstić information content (AvgIpc) is 2.38. The molecule has 4 atom stereocenters. The SMILES string of the molecule is CCC1CCCCC1(C)CCC1C(C)CCCC1(C)C. The lowest BCUT2D eigenvalue weighted by molar-refractivity contribution is 0.0371. The van der Waals surface area contributed by atoms with Crippen molar-refractivity contribution in [2.24, 2.45) is 28.6 Å². The Balaban J connectivity index is 1.98. The Kier molecular flexibility index (Phi) is 5.24. The Bertz CT molecular complexity index is 303. The predicted molar refractivity (Wildman–Crippen MR) is 89.9 cm³/mol. The van der Waals surface area contributed by atoms with E-state index in [0.717, 1.165) is 17.8 Å². The van der Waals surface area contributed by atoms with Crippen molar-refractivity contribution in [1.82, 2.24) is 0 Å². The van der Waals surface area contributed by atoms with Gasteiger partial charge >= 0.3 is 0 Å². The summed E-state index contributed by atoms with van der Waals surface area (Å²) in [4.78, 5) is 0. The van der Waals surface area contributed by atoms with Crippen LogP contribution in [0.25, 0.3) is 0 Å². The van der Waals surface area contributed by atoms with E-state index >= 15 is 0 Å². The van der Waals surface area contributed by atoms with Gasteiger partial charge in [0.05, 0.1) is 0 Å². The van der Waals surface area contributed by atoms with Gasteiger partial charge in [-0.1, -0.05) is 66.7 Å². The second-order valence-electron chi connectivity index (χ2n) is 9.01. The smallest absolute Gasteiger partial charge is 0.0298 e. The van der Waals surface area contributed by atoms with Crippen molar-refractivity contribution in [1.29, 1.82) is 0 Å². The van der Waals surface area contributed by atoms with Gasteiger partial charge < -0.3 is 0 Å². The van der Waals surface area contributed by atoms with Crippen LogP contribution < -0.4 is 0 Å². The lowest BCUT2D eigenvalue weighted by atomic mass is 9.58. The van der Waals surface area contributed by atoms with Crippen LogP contribution in [0.2, 0.25) is 0 Å². The van der Waals surface area contributed by atoms with Crippen LogP contribution in [-0.2, 0) is 0 Å². The van der Waals surface area contributed by atoms with Crippen LogP contribution in [0.3, 0.4) is 0 Å². The zero-order valence-electron chi connectivity index (χ0n) is 14.8. The van der Waals surface area contributed by atoms with E-state index in [1.54, 1.807) is 0 Å². The summed E-state index contributed by atoms with van der Waals surface area (Å²) in [5, 5.41) is 0. The van der Waals surface area contributed by atoms with Gasteiger partial charge in [0.25, 0.3) is 0 Å². The molecular formula is C20H38. The van der Waals surface area contributed by atoms with Crippen molar-refractivity contribution in [2.75, 3.05) is 0 Å². The molecule has 0 radical (unpaired) electrons. The second-order valence-corrected chi connectivity index (χ2v) is 9.01. The Morgan fingerprint density at radius 2 is 1.70 bits per heavy atom. The molecule has 4 unspecified atom stereocenters. The topological polar surface area (TPSA) is 0 Å². The van der Waals surface area contributed by atoms with Crippen molar-refractivity contribution < 1.29 is 0 Å². The molecule has 0 aromatic carbocycles. The zero-order chi connectivity index (χ0) is 14.8. The molecule has 0 saturated heterocycles. The highest BCUT2D eigenvalue weighted by atomic mass is 14.5. The lowest BCUT2D eigenvalue weighted by Gasteiger charge is -2.47. The third-order valence-corrected chi connectivity index (χ3v) is 7.23. The minimum Gasteiger partial charge on any atom is -0.0651 e. The van der Waals surface area contributed by atoms with Crippen molar-refractivity contribution in [3.8, 4) is 0 Å². The van der Waals surface area contributed by atoms with E-state index in [-0.39, 0.29) is 0 Å². The fourth-order valence-electron chi connectivity index (χ4n) is 5.70. The third kappa shape index (κ3) is 3.42. The number of rotatable bonds is 4. The van der Waals surface area contributed by atoms with Gasteiger partial charge in [-0.05, 0) is 60.7 Å². The maximum atomic E-state index is 2.61. The van der Waals surface area contributed by atoms with E-state index < -0.39 is 0 Å². The molecule has 2 aliphatic carbocycles. The van der Waals surface area contributed by atoms with Gasteiger partial charge in [0.2, 0.25) is 0 Å². The van der Waals surface area contributed by atoms with Crippen molar-refractivity contribution >= 4 is 0 Å². The van der Waals surface area contributed by atoms with Crippen LogP contribution in [-0.4, -0.2) is 0 Å². The van der Waals surface area contributed by atoms with Gasteiger partial charge in [0.15, 0.2) is 0 Å². The van der Waals surface area contributed by atoms with Gasteiger partial charge in [0, 0.05) is 0 Å². The van der Waals surface area contributed by atoms with E-state index in [1.165, 1.54) is 64.2 Å². The maximum absolute atomic E-state index is 2.61. The van der Waals surface area contributed by atoms with Crippen molar-refractivity contribution in [3.63, 3.8) is 0 Å². The fraction of sp³-hybridized carbons (Fsp3) is 1.00. The second kappa shape index (κ2) is 6.41. The molecule has 20 heavy (non-hydrogen) atoms. The predicted octanol–water partition coefficient (Wildman–Crippen LogP) is 6.84. The monoisotopic (exact) mass is 278 g/mol. The van der Waals surface area contributed by atoms with E-state index in [2.05, 4.69) is 34.6 Å². The molecule has 0 N–H and O–H groups in total. The minimum atomic E-state index is 0.588. The van der Waals surface area contributed by atoms with E-state index in [4.69, 9.17) is 0 Å². The summed E-state index contributed by atoms with van der Waals surface area (Å²) in [5.74, 6) is 2.91. The number of hydrogen-bond donors (Lipinski definition) is 0. The molecular weight excluding hydrogens is 240 g/mol. The maximum Gasteiger partial charge on any atom is -0.0298 e. The average molecular weight is 279 g/mol. The first-order valence-corrected chi connectivity index (χ1v) is 9.39. The first-order valence-electron chi connectivity index (χ1n) is 9.39. The normalized spacial score (nSPS) is 41.5. The molecule has 118 valence electrons. The summed E-state index contributed by atoms with van der Waals surface area (Å²) in [6, 6.07) is 0. The Morgan fingerprint density at radius 3 is 2.35 bits per heavy atom. The van der Waals surface area contributed by atoms with Crippen LogP contribution in [0, 0.1) is 28.6 Å². The summed E-state index contributed by atoms with van der Waals surface area (Å²) in [5.41, 5.74) is 1.24. The molecule has 0 aromatic heterocycles. The molecule has 0 aliphatic heterocycles. The molecule has 0 aromatic rings. The van der Waals surface area contributed by atoms with Crippen LogP contribution in [0.4, 0.5) is 0 Å². The van der Waals surface area contributed by atoms with Gasteiger partial charge in [-0.25, -0.2) is 0 Å². The Labute approximate surface area is 128 Å². The van der Waals surface area contributed by atoms with Crippen LogP contribution in [0.15, 0.2) is 0 Å².